The smallest absolute Gasteiger partial charge is 0.322 e. The molecule has 154 valence electrons. The Balaban J connectivity index is 1.63. The maximum atomic E-state index is 12.7. The van der Waals surface area contributed by atoms with E-state index in [-0.39, 0.29) is 21.8 Å². The highest BCUT2D eigenvalue weighted by Crippen LogP contribution is 2.32. The van der Waals surface area contributed by atoms with Crippen molar-refractivity contribution in [1.29, 1.82) is 0 Å². The molecule has 0 radical (unpaired) electrons. The lowest BCUT2D eigenvalue weighted by Crippen LogP contribution is -2.36. The molecule has 0 spiro atoms. The summed E-state index contributed by atoms with van der Waals surface area (Å²) in [5.74, 6) is -1.67. The molecule has 0 unspecified atom stereocenters. The minimum atomic E-state index is -4.01. The van der Waals surface area contributed by atoms with E-state index >= 15 is 0 Å². The Kier molecular flexibility index (Phi) is 4.54. The van der Waals surface area contributed by atoms with Crippen LogP contribution in [-0.4, -0.2) is 40.7 Å². The lowest BCUT2D eigenvalue weighted by atomic mass is 10.1. The summed E-state index contributed by atoms with van der Waals surface area (Å²) < 4.78 is 30.7. The minimum Gasteiger partial charge on any atom is -0.322 e. The average Bonchev–Trinajstić information content (AvgIpc) is 3.21. The fraction of sp³-hybridized carbons (Fsp3) is 0.158. The Labute approximate surface area is 170 Å². The molecule has 1 aliphatic rings. The van der Waals surface area contributed by atoms with Crippen molar-refractivity contribution in [3.8, 4) is 11.4 Å². The molecule has 2 aromatic carbocycles. The number of H-pyrrole nitrogens is 1. The van der Waals surface area contributed by atoms with E-state index in [2.05, 4.69) is 20.0 Å². The van der Waals surface area contributed by atoms with Gasteiger partial charge in [-0.15, -0.1) is 0 Å². The molecule has 10 nitrogen and oxygen atoms in total. The highest BCUT2D eigenvalue weighted by Gasteiger charge is 2.42. The normalized spacial score (nSPS) is 14.8. The Bertz CT molecular complexity index is 1340. The maximum Gasteiger partial charge on any atom is 0.439 e. The first-order chi connectivity index (χ1) is 14.2. The van der Waals surface area contributed by atoms with Crippen molar-refractivity contribution in [3.63, 3.8) is 0 Å². The van der Waals surface area contributed by atoms with Gasteiger partial charge in [-0.25, -0.2) is 17.5 Å². The number of aromatic nitrogens is 2. The SMILES string of the molecule is CC(C)N1C(=O)c2ccc(C(=O)Nc3cccc(-c4noc(=O)[nH]4)c3)cc2S1(=O)=O. The van der Waals surface area contributed by atoms with Crippen LogP contribution < -0.4 is 11.1 Å². The molecule has 1 aliphatic heterocycles. The lowest BCUT2D eigenvalue weighted by molar-refractivity contribution is 0.0846. The number of nitrogens with one attached hydrogen (secondary N) is 2. The van der Waals surface area contributed by atoms with Gasteiger partial charge in [0.05, 0.1) is 5.56 Å². The van der Waals surface area contributed by atoms with Crippen molar-refractivity contribution >= 4 is 27.5 Å². The molecule has 11 heteroatoms. The quantitative estimate of drug-likeness (QED) is 0.645. The van der Waals surface area contributed by atoms with E-state index in [1.54, 1.807) is 38.1 Å². The predicted octanol–water partition coefficient (Wildman–Crippen LogP) is 1.84. The number of amides is 2. The number of carbonyl (C=O) groups excluding carboxylic acids is 2. The molecule has 1 aromatic heterocycles. The predicted molar refractivity (Wildman–Crippen MR) is 105 cm³/mol. The monoisotopic (exact) mass is 428 g/mol. The summed E-state index contributed by atoms with van der Waals surface area (Å²) in [6.07, 6.45) is 0. The number of sulfonamides is 1. The molecule has 0 saturated heterocycles. The number of hydrogen-bond donors (Lipinski definition) is 2. The van der Waals surface area contributed by atoms with Gasteiger partial charge in [-0.05, 0) is 44.2 Å². The minimum absolute atomic E-state index is 0.0391. The van der Waals surface area contributed by atoms with E-state index in [9.17, 15) is 22.8 Å². The highest BCUT2D eigenvalue weighted by atomic mass is 32.2. The first-order valence-corrected chi connectivity index (χ1v) is 10.3. The van der Waals surface area contributed by atoms with Crippen molar-refractivity contribution in [3.05, 3.63) is 64.1 Å². The van der Waals surface area contributed by atoms with Crippen molar-refractivity contribution in [1.82, 2.24) is 14.4 Å². The van der Waals surface area contributed by atoms with Crippen LogP contribution in [0.3, 0.4) is 0 Å². The number of fused-ring (bicyclic) bond motifs is 1. The van der Waals surface area contributed by atoms with Crippen LogP contribution in [0.4, 0.5) is 5.69 Å². The van der Waals surface area contributed by atoms with E-state index in [0.29, 0.717) is 11.3 Å². The molecule has 0 fully saturated rings. The molecule has 0 aliphatic carbocycles. The molecule has 2 amide bonds. The number of anilines is 1. The first-order valence-electron chi connectivity index (χ1n) is 8.89. The van der Waals surface area contributed by atoms with E-state index in [1.165, 1.54) is 18.2 Å². The zero-order valence-corrected chi connectivity index (χ0v) is 16.7. The van der Waals surface area contributed by atoms with Gasteiger partial charge in [0.15, 0.2) is 5.82 Å². The van der Waals surface area contributed by atoms with E-state index in [0.717, 1.165) is 4.31 Å². The van der Waals surface area contributed by atoms with Crippen LogP contribution in [-0.2, 0) is 10.0 Å². The van der Waals surface area contributed by atoms with Gasteiger partial charge in [0.25, 0.3) is 21.8 Å². The van der Waals surface area contributed by atoms with Crippen molar-refractivity contribution in [2.45, 2.75) is 24.8 Å². The molecule has 2 N–H and O–H groups in total. The molecule has 3 aromatic rings. The third-order valence-electron chi connectivity index (χ3n) is 4.51. The number of nitrogens with zero attached hydrogens (tertiary/aromatic N) is 2. The van der Waals surface area contributed by atoms with Gasteiger partial charge in [0, 0.05) is 22.9 Å². The third-order valence-corrected chi connectivity index (χ3v) is 6.51. The van der Waals surface area contributed by atoms with Crippen LogP contribution >= 0.6 is 0 Å². The Morgan fingerprint density at radius 3 is 2.60 bits per heavy atom. The topological polar surface area (TPSA) is 142 Å². The summed E-state index contributed by atoms with van der Waals surface area (Å²) in [5.41, 5.74) is 1.02. The molecule has 0 saturated carbocycles. The van der Waals surface area contributed by atoms with Gasteiger partial charge in [0.2, 0.25) is 0 Å². The highest BCUT2D eigenvalue weighted by molar-refractivity contribution is 7.90. The van der Waals surface area contributed by atoms with Gasteiger partial charge in [-0.2, -0.15) is 0 Å². The van der Waals surface area contributed by atoms with Crippen LogP contribution in [0.15, 0.2) is 56.7 Å². The summed E-state index contributed by atoms with van der Waals surface area (Å²) in [6.45, 7) is 3.20. The second kappa shape index (κ2) is 6.95. The van der Waals surface area contributed by atoms with Gasteiger partial charge in [0.1, 0.15) is 4.90 Å². The number of carbonyl (C=O) groups is 2. The largest absolute Gasteiger partial charge is 0.439 e. The summed E-state index contributed by atoms with van der Waals surface area (Å²) in [4.78, 5) is 38.4. The molecule has 0 bridgehead atoms. The Morgan fingerprint density at radius 2 is 1.93 bits per heavy atom. The van der Waals surface area contributed by atoms with Crippen LogP contribution in [0.1, 0.15) is 34.6 Å². The van der Waals surface area contributed by atoms with Crippen LogP contribution in [0.2, 0.25) is 0 Å². The van der Waals surface area contributed by atoms with Crippen molar-refractivity contribution in [2.75, 3.05) is 5.32 Å². The summed E-state index contributed by atoms with van der Waals surface area (Å²) in [6, 6.07) is 9.88. The van der Waals surface area contributed by atoms with E-state index in [4.69, 9.17) is 0 Å². The summed E-state index contributed by atoms with van der Waals surface area (Å²) >= 11 is 0. The number of rotatable bonds is 4. The maximum absolute atomic E-state index is 12.7. The van der Waals surface area contributed by atoms with Crippen LogP contribution in [0.25, 0.3) is 11.4 Å². The van der Waals surface area contributed by atoms with Gasteiger partial charge < -0.3 is 5.32 Å². The zero-order valence-electron chi connectivity index (χ0n) is 15.9. The molecule has 4 rings (SSSR count). The fourth-order valence-corrected chi connectivity index (χ4v) is 4.99. The second-order valence-electron chi connectivity index (χ2n) is 6.89. The van der Waals surface area contributed by atoms with Gasteiger partial charge in [-0.3, -0.25) is 19.1 Å². The van der Waals surface area contributed by atoms with Gasteiger partial charge >= 0.3 is 5.76 Å². The zero-order chi connectivity index (χ0) is 21.6. The molecular weight excluding hydrogens is 412 g/mol. The summed E-state index contributed by atoms with van der Waals surface area (Å²) in [5, 5.41) is 6.25. The Morgan fingerprint density at radius 1 is 1.17 bits per heavy atom. The molecule has 2 heterocycles. The third kappa shape index (κ3) is 3.18. The van der Waals surface area contributed by atoms with Crippen LogP contribution in [0.5, 0.6) is 0 Å². The van der Waals surface area contributed by atoms with Crippen LogP contribution in [0, 0.1) is 0 Å². The fourth-order valence-electron chi connectivity index (χ4n) is 3.20. The van der Waals surface area contributed by atoms with Crippen molar-refractivity contribution in [2.24, 2.45) is 0 Å². The average molecular weight is 428 g/mol. The number of benzene rings is 2. The summed E-state index contributed by atoms with van der Waals surface area (Å²) in [7, 11) is -4.01. The molecule has 30 heavy (non-hydrogen) atoms. The van der Waals surface area contributed by atoms with E-state index < -0.39 is 33.6 Å². The van der Waals surface area contributed by atoms with Crippen molar-refractivity contribution < 1.29 is 22.5 Å². The Hall–Kier alpha value is -3.73. The number of aromatic amines is 1. The first kappa shape index (κ1) is 19.6. The van der Waals surface area contributed by atoms with E-state index in [1.807, 2.05) is 0 Å². The standard InChI is InChI=1S/C19H16N4O6S/c1-10(2)23-18(25)14-7-6-12(9-15(14)30(23,27)28)17(24)20-13-5-3-4-11(8-13)16-21-19(26)29-22-16/h3-10H,1-2H3,(H,20,24)(H,21,22,26). The second-order valence-corrected chi connectivity index (χ2v) is 8.67. The molecule has 0 atom stereocenters. The molecular formula is C19H16N4O6S. The van der Waals surface area contributed by atoms with Gasteiger partial charge in [-0.1, -0.05) is 17.3 Å². The lowest BCUT2D eigenvalue weighted by Gasteiger charge is -2.18. The number of hydrogen-bond acceptors (Lipinski definition) is 7.